The van der Waals surface area contributed by atoms with Crippen LogP contribution in [0.15, 0.2) is 0 Å². The van der Waals surface area contributed by atoms with Crippen molar-refractivity contribution in [2.45, 2.75) is 90.9 Å². The van der Waals surface area contributed by atoms with E-state index in [0.29, 0.717) is 11.8 Å². The fourth-order valence-corrected chi connectivity index (χ4v) is 7.66. The van der Waals surface area contributed by atoms with Gasteiger partial charge < -0.3 is 0 Å². The van der Waals surface area contributed by atoms with Gasteiger partial charge in [0.15, 0.2) is 0 Å². The summed E-state index contributed by atoms with van der Waals surface area (Å²) in [5.74, 6) is 1.05. The van der Waals surface area contributed by atoms with Gasteiger partial charge in [-0.2, -0.15) is 0 Å². The average Bonchev–Trinajstić information content (AvgIpc) is 2.26. The third-order valence-electron chi connectivity index (χ3n) is 4.09. The van der Waals surface area contributed by atoms with Crippen molar-refractivity contribution in [3.63, 3.8) is 0 Å². The van der Waals surface area contributed by atoms with Gasteiger partial charge in [0.2, 0.25) is 0 Å². The topological polar surface area (TPSA) is 25.8 Å². The molecule has 0 aliphatic rings. The van der Waals surface area contributed by atoms with Crippen LogP contribution in [0, 0.1) is 13.8 Å². The Morgan fingerprint density at radius 3 is 1.18 bits per heavy atom. The molecule has 4 heteroatoms. The highest BCUT2D eigenvalue weighted by Crippen LogP contribution is 2.30. The molecule has 0 spiro atoms. The van der Waals surface area contributed by atoms with E-state index < -0.39 is 16.1 Å². The summed E-state index contributed by atoms with van der Waals surface area (Å²) >= 11 is 0. The van der Waals surface area contributed by atoms with Crippen molar-refractivity contribution < 1.29 is 0 Å². The predicted molar refractivity (Wildman–Crippen MR) is 105 cm³/mol. The first-order valence-electron chi connectivity index (χ1n) is 8.65. The SMILES string of the molecule is Cc1nc([C@@H](C)C[Si](C)(C)C)c(C)nc1[C@@H](C)C[Si](C)(C)C. The maximum atomic E-state index is 4.98. The molecule has 0 N–H and O–H groups in total. The van der Waals surface area contributed by atoms with Gasteiger partial charge in [0, 0.05) is 16.1 Å². The van der Waals surface area contributed by atoms with Crippen LogP contribution in [0.3, 0.4) is 0 Å². The molecule has 0 saturated carbocycles. The normalized spacial score (nSPS) is 15.7. The fourth-order valence-electron chi connectivity index (χ4n) is 3.60. The van der Waals surface area contributed by atoms with Crippen molar-refractivity contribution in [1.82, 2.24) is 9.97 Å². The standard InChI is InChI=1S/C18H36N2Si2/c1-13(11-21(5,6)7)17-15(3)20-18(16(4)19-17)14(2)12-22(8,9)10/h13-14H,11-12H2,1-10H3/t13-,14-/m0/s1. The lowest BCUT2D eigenvalue weighted by Crippen LogP contribution is -2.24. The Hall–Kier alpha value is -0.486. The molecule has 0 bridgehead atoms. The third-order valence-corrected chi connectivity index (χ3v) is 7.76. The molecule has 1 aromatic rings. The van der Waals surface area contributed by atoms with Crippen LogP contribution in [0.25, 0.3) is 0 Å². The molecular formula is C18H36N2Si2. The Bertz CT molecular complexity index is 465. The van der Waals surface area contributed by atoms with Crippen molar-refractivity contribution in [2.24, 2.45) is 0 Å². The maximum Gasteiger partial charge on any atom is 0.0644 e. The highest BCUT2D eigenvalue weighted by atomic mass is 28.3. The minimum Gasteiger partial charge on any atom is -0.254 e. The van der Waals surface area contributed by atoms with Gasteiger partial charge >= 0.3 is 0 Å². The lowest BCUT2D eigenvalue weighted by molar-refractivity contribution is 0.725. The van der Waals surface area contributed by atoms with Gasteiger partial charge in [0.05, 0.1) is 22.8 Å². The number of hydrogen-bond donors (Lipinski definition) is 0. The van der Waals surface area contributed by atoms with Crippen molar-refractivity contribution in [3.8, 4) is 0 Å². The smallest absolute Gasteiger partial charge is 0.0644 e. The van der Waals surface area contributed by atoms with Crippen molar-refractivity contribution in [2.75, 3.05) is 0 Å². The van der Waals surface area contributed by atoms with Gasteiger partial charge in [-0.15, -0.1) is 0 Å². The van der Waals surface area contributed by atoms with Gasteiger partial charge in [0.1, 0.15) is 0 Å². The number of aryl methyl sites for hydroxylation is 2. The second kappa shape index (κ2) is 6.95. The predicted octanol–water partition coefficient (Wildman–Crippen LogP) is 5.98. The summed E-state index contributed by atoms with van der Waals surface area (Å²) in [5, 5.41) is 0. The molecule has 1 aromatic heterocycles. The molecule has 0 amide bonds. The van der Waals surface area contributed by atoms with E-state index in [2.05, 4.69) is 67.0 Å². The summed E-state index contributed by atoms with van der Waals surface area (Å²) < 4.78 is 0. The number of hydrogen-bond acceptors (Lipinski definition) is 2. The van der Waals surface area contributed by atoms with Gasteiger partial charge in [-0.1, -0.05) is 53.1 Å². The molecule has 2 nitrogen and oxygen atoms in total. The van der Waals surface area contributed by atoms with Gasteiger partial charge in [0.25, 0.3) is 0 Å². The van der Waals surface area contributed by atoms with Gasteiger partial charge in [-0.3, -0.25) is 9.97 Å². The Kier molecular flexibility index (Phi) is 6.18. The summed E-state index contributed by atoms with van der Waals surface area (Å²) in [6, 6.07) is 2.57. The maximum absolute atomic E-state index is 4.98. The lowest BCUT2D eigenvalue weighted by Gasteiger charge is -2.25. The Morgan fingerprint density at radius 2 is 0.955 bits per heavy atom. The number of aromatic nitrogens is 2. The van der Waals surface area contributed by atoms with Crippen LogP contribution in [0.5, 0.6) is 0 Å². The Morgan fingerprint density at radius 1 is 0.682 bits per heavy atom. The van der Waals surface area contributed by atoms with E-state index in [1.165, 1.54) is 23.5 Å². The average molecular weight is 337 g/mol. The van der Waals surface area contributed by atoms with Crippen LogP contribution in [0.2, 0.25) is 51.4 Å². The fraction of sp³-hybridized carbons (Fsp3) is 0.778. The van der Waals surface area contributed by atoms with Crippen molar-refractivity contribution in [1.29, 1.82) is 0 Å². The first-order chi connectivity index (χ1) is 9.80. The van der Waals surface area contributed by atoms with Crippen molar-refractivity contribution >= 4 is 16.1 Å². The largest absolute Gasteiger partial charge is 0.254 e. The minimum absolute atomic E-state index is 0.527. The summed E-state index contributed by atoms with van der Waals surface area (Å²) in [4.78, 5) is 9.97. The lowest BCUT2D eigenvalue weighted by atomic mass is 10.0. The summed E-state index contributed by atoms with van der Waals surface area (Å²) in [7, 11) is -2.15. The second-order valence-corrected chi connectivity index (χ2v) is 20.6. The van der Waals surface area contributed by atoms with Crippen LogP contribution in [-0.4, -0.2) is 26.1 Å². The highest BCUT2D eigenvalue weighted by molar-refractivity contribution is 6.76. The molecule has 2 atom stereocenters. The first kappa shape index (κ1) is 19.6. The Labute approximate surface area is 140 Å². The van der Waals surface area contributed by atoms with Gasteiger partial charge in [-0.05, 0) is 37.8 Å². The van der Waals surface area contributed by atoms with E-state index in [1.54, 1.807) is 0 Å². The highest BCUT2D eigenvalue weighted by Gasteiger charge is 2.25. The van der Waals surface area contributed by atoms with Crippen LogP contribution in [-0.2, 0) is 0 Å². The summed E-state index contributed by atoms with van der Waals surface area (Å²) in [5.41, 5.74) is 4.75. The van der Waals surface area contributed by atoms with Crippen LogP contribution in [0.4, 0.5) is 0 Å². The van der Waals surface area contributed by atoms with E-state index in [0.717, 1.165) is 11.4 Å². The molecule has 0 fully saturated rings. The zero-order valence-corrected chi connectivity index (χ0v) is 18.5. The molecule has 0 unspecified atom stereocenters. The van der Waals surface area contributed by atoms with Crippen molar-refractivity contribution in [3.05, 3.63) is 22.8 Å². The molecule has 0 saturated heterocycles. The third kappa shape index (κ3) is 5.96. The molecule has 126 valence electrons. The van der Waals surface area contributed by atoms with Crippen LogP contribution < -0.4 is 0 Å². The Balaban J connectivity index is 3.06. The van der Waals surface area contributed by atoms with Crippen LogP contribution >= 0.6 is 0 Å². The van der Waals surface area contributed by atoms with E-state index in [-0.39, 0.29) is 0 Å². The van der Waals surface area contributed by atoms with Crippen LogP contribution in [0.1, 0.15) is 48.5 Å². The molecule has 0 aliphatic carbocycles. The zero-order chi connectivity index (χ0) is 17.3. The molecule has 0 aromatic carbocycles. The molecule has 0 radical (unpaired) electrons. The minimum atomic E-state index is -1.07. The number of rotatable bonds is 6. The molecule has 0 aliphatic heterocycles. The number of nitrogens with zero attached hydrogens (tertiary/aromatic N) is 2. The molecule has 22 heavy (non-hydrogen) atoms. The van der Waals surface area contributed by atoms with E-state index in [4.69, 9.17) is 9.97 Å². The summed E-state index contributed by atoms with van der Waals surface area (Å²) in [6.07, 6.45) is 0. The first-order valence-corrected chi connectivity index (χ1v) is 16.1. The summed E-state index contributed by atoms with van der Waals surface area (Å²) in [6.45, 7) is 23.5. The quantitative estimate of drug-likeness (QED) is 0.597. The zero-order valence-electron chi connectivity index (χ0n) is 16.5. The second-order valence-electron chi connectivity index (χ2n) is 9.50. The monoisotopic (exact) mass is 336 g/mol. The molecule has 1 heterocycles. The van der Waals surface area contributed by atoms with E-state index in [9.17, 15) is 0 Å². The van der Waals surface area contributed by atoms with Gasteiger partial charge in [-0.25, -0.2) is 0 Å². The van der Waals surface area contributed by atoms with E-state index in [1.807, 2.05) is 0 Å². The molecule has 1 rings (SSSR count). The van der Waals surface area contributed by atoms with E-state index >= 15 is 0 Å². The molecular weight excluding hydrogens is 300 g/mol.